The van der Waals surface area contributed by atoms with Crippen LogP contribution < -0.4 is 5.32 Å². The summed E-state index contributed by atoms with van der Waals surface area (Å²) in [6, 6.07) is 5.59. The fourth-order valence-corrected chi connectivity index (χ4v) is 2.76. The van der Waals surface area contributed by atoms with Crippen molar-refractivity contribution in [3.8, 4) is 0 Å². The Kier molecular flexibility index (Phi) is 4.63. The minimum Gasteiger partial charge on any atom is -0.310 e. The van der Waals surface area contributed by atoms with Gasteiger partial charge in [-0.25, -0.2) is 4.39 Å². The van der Waals surface area contributed by atoms with Crippen molar-refractivity contribution in [3.63, 3.8) is 0 Å². The number of hydrogen-bond acceptors (Lipinski definition) is 1. The molecule has 1 nitrogen and oxygen atoms in total. The molecule has 3 atom stereocenters. The van der Waals surface area contributed by atoms with Gasteiger partial charge in [-0.05, 0) is 48.8 Å². The molecular formula is C15H21ClFN. The van der Waals surface area contributed by atoms with Crippen molar-refractivity contribution < 1.29 is 4.39 Å². The normalized spacial score (nSPS) is 28.3. The molecule has 0 aromatic heterocycles. The van der Waals surface area contributed by atoms with Gasteiger partial charge >= 0.3 is 0 Å². The zero-order valence-electron chi connectivity index (χ0n) is 11.0. The van der Waals surface area contributed by atoms with Crippen molar-refractivity contribution in [2.24, 2.45) is 11.8 Å². The minimum atomic E-state index is -0.332. The van der Waals surface area contributed by atoms with E-state index in [0.29, 0.717) is 6.04 Å². The zero-order chi connectivity index (χ0) is 13.1. The number of nitrogens with one attached hydrogen (secondary N) is 1. The van der Waals surface area contributed by atoms with E-state index in [1.165, 1.54) is 25.3 Å². The standard InChI is InChI=1S/C15H21ClFN/c1-10-3-5-13(7-11(10)2)18-9-12-4-6-14(16)15(17)8-12/h4,6,8,10-11,13,18H,3,5,7,9H2,1-2H3. The average Bonchev–Trinajstić information content (AvgIpc) is 2.35. The van der Waals surface area contributed by atoms with Crippen LogP contribution in [0.2, 0.25) is 5.02 Å². The van der Waals surface area contributed by atoms with Gasteiger partial charge in [0.05, 0.1) is 5.02 Å². The van der Waals surface area contributed by atoms with Crippen molar-refractivity contribution in [2.75, 3.05) is 0 Å². The summed E-state index contributed by atoms with van der Waals surface area (Å²) in [5, 5.41) is 3.72. The molecule has 0 saturated heterocycles. The Morgan fingerprint density at radius 3 is 2.72 bits per heavy atom. The van der Waals surface area contributed by atoms with Crippen molar-refractivity contribution in [3.05, 3.63) is 34.6 Å². The van der Waals surface area contributed by atoms with E-state index < -0.39 is 0 Å². The summed E-state index contributed by atoms with van der Waals surface area (Å²) in [4.78, 5) is 0. The number of halogens is 2. The second-order valence-corrected chi connectivity index (χ2v) is 6.00. The summed E-state index contributed by atoms with van der Waals surface area (Å²) in [5.74, 6) is 1.27. The second-order valence-electron chi connectivity index (χ2n) is 5.59. The molecule has 100 valence electrons. The molecule has 1 fully saturated rings. The van der Waals surface area contributed by atoms with E-state index in [1.807, 2.05) is 6.07 Å². The minimum absolute atomic E-state index is 0.193. The largest absolute Gasteiger partial charge is 0.310 e. The van der Waals surface area contributed by atoms with Gasteiger partial charge < -0.3 is 5.32 Å². The highest BCUT2D eigenvalue weighted by Gasteiger charge is 2.23. The molecule has 3 unspecified atom stereocenters. The van der Waals surface area contributed by atoms with Crippen LogP contribution in [0.5, 0.6) is 0 Å². The lowest BCUT2D eigenvalue weighted by Gasteiger charge is -2.32. The quantitative estimate of drug-likeness (QED) is 0.858. The monoisotopic (exact) mass is 269 g/mol. The SMILES string of the molecule is CC1CCC(NCc2ccc(Cl)c(F)c2)CC1C. The second kappa shape index (κ2) is 6.03. The Morgan fingerprint density at radius 1 is 1.28 bits per heavy atom. The lowest BCUT2D eigenvalue weighted by Crippen LogP contribution is -2.35. The molecule has 1 aliphatic rings. The number of rotatable bonds is 3. The molecule has 1 aliphatic carbocycles. The Balaban J connectivity index is 1.86. The molecular weight excluding hydrogens is 249 g/mol. The third kappa shape index (κ3) is 3.46. The van der Waals surface area contributed by atoms with E-state index in [0.717, 1.165) is 23.9 Å². The third-order valence-electron chi connectivity index (χ3n) is 4.18. The van der Waals surface area contributed by atoms with E-state index in [4.69, 9.17) is 11.6 Å². The molecule has 0 aliphatic heterocycles. The molecule has 2 rings (SSSR count). The van der Waals surface area contributed by atoms with E-state index in [9.17, 15) is 4.39 Å². The first-order valence-corrected chi connectivity index (χ1v) is 7.11. The maximum atomic E-state index is 13.3. The van der Waals surface area contributed by atoms with E-state index >= 15 is 0 Å². The Hall–Kier alpha value is -0.600. The fraction of sp³-hybridized carbons (Fsp3) is 0.600. The van der Waals surface area contributed by atoms with Gasteiger partial charge in [0.15, 0.2) is 0 Å². The molecule has 0 heterocycles. The highest BCUT2D eigenvalue weighted by Crippen LogP contribution is 2.29. The first-order chi connectivity index (χ1) is 8.56. The lowest BCUT2D eigenvalue weighted by atomic mass is 9.79. The van der Waals surface area contributed by atoms with Gasteiger partial charge in [-0.15, -0.1) is 0 Å². The van der Waals surface area contributed by atoms with Crippen LogP contribution in [0.3, 0.4) is 0 Å². The summed E-state index contributed by atoms with van der Waals surface area (Å²) in [7, 11) is 0. The zero-order valence-corrected chi connectivity index (χ0v) is 11.8. The predicted octanol–water partition coefficient (Wildman–Crippen LogP) is 4.39. The molecule has 1 aromatic rings. The van der Waals surface area contributed by atoms with E-state index in [-0.39, 0.29) is 10.8 Å². The molecule has 1 aromatic carbocycles. The average molecular weight is 270 g/mol. The molecule has 3 heteroatoms. The topological polar surface area (TPSA) is 12.0 Å². The van der Waals surface area contributed by atoms with Crippen molar-refractivity contribution in [1.82, 2.24) is 5.32 Å². The lowest BCUT2D eigenvalue weighted by molar-refractivity contribution is 0.225. The van der Waals surface area contributed by atoms with Crippen molar-refractivity contribution >= 4 is 11.6 Å². The summed E-state index contributed by atoms with van der Waals surface area (Å²) in [6.07, 6.45) is 3.73. The molecule has 0 amide bonds. The number of benzene rings is 1. The van der Waals surface area contributed by atoms with Crippen LogP contribution in [0.1, 0.15) is 38.7 Å². The Morgan fingerprint density at radius 2 is 2.06 bits per heavy atom. The maximum absolute atomic E-state index is 13.3. The highest BCUT2D eigenvalue weighted by atomic mass is 35.5. The van der Waals surface area contributed by atoms with E-state index in [2.05, 4.69) is 19.2 Å². The Bertz CT molecular complexity index is 407. The molecule has 18 heavy (non-hydrogen) atoms. The van der Waals surface area contributed by atoms with Crippen LogP contribution in [0.4, 0.5) is 4.39 Å². The fourth-order valence-electron chi connectivity index (χ4n) is 2.64. The van der Waals surface area contributed by atoms with Gasteiger partial charge in [0, 0.05) is 12.6 Å². The molecule has 0 spiro atoms. The first-order valence-electron chi connectivity index (χ1n) is 6.73. The van der Waals surface area contributed by atoms with Crippen LogP contribution >= 0.6 is 11.6 Å². The van der Waals surface area contributed by atoms with Crippen molar-refractivity contribution in [1.29, 1.82) is 0 Å². The Labute approximate surface area is 114 Å². The van der Waals surface area contributed by atoms with Gasteiger partial charge in [0.2, 0.25) is 0 Å². The first kappa shape index (κ1) is 13.8. The van der Waals surface area contributed by atoms with Crippen LogP contribution in [-0.4, -0.2) is 6.04 Å². The highest BCUT2D eigenvalue weighted by molar-refractivity contribution is 6.30. The van der Waals surface area contributed by atoms with Crippen LogP contribution in [0.25, 0.3) is 0 Å². The smallest absolute Gasteiger partial charge is 0.142 e. The molecule has 0 radical (unpaired) electrons. The van der Waals surface area contributed by atoms with Gasteiger partial charge in [-0.3, -0.25) is 0 Å². The predicted molar refractivity (Wildman–Crippen MR) is 74.2 cm³/mol. The van der Waals surface area contributed by atoms with Crippen LogP contribution in [0, 0.1) is 17.7 Å². The van der Waals surface area contributed by atoms with E-state index in [1.54, 1.807) is 6.07 Å². The summed E-state index contributed by atoms with van der Waals surface area (Å²) in [6.45, 7) is 5.37. The number of hydrogen-bond donors (Lipinski definition) is 1. The molecule has 1 saturated carbocycles. The molecule has 0 bridgehead atoms. The van der Waals surface area contributed by atoms with Gasteiger partial charge in [0.1, 0.15) is 5.82 Å². The van der Waals surface area contributed by atoms with Gasteiger partial charge in [-0.1, -0.05) is 31.5 Å². The van der Waals surface area contributed by atoms with Gasteiger partial charge in [0.25, 0.3) is 0 Å². The van der Waals surface area contributed by atoms with Gasteiger partial charge in [-0.2, -0.15) is 0 Å². The van der Waals surface area contributed by atoms with Crippen LogP contribution in [-0.2, 0) is 6.54 Å². The summed E-state index contributed by atoms with van der Waals surface area (Å²) >= 11 is 5.67. The summed E-state index contributed by atoms with van der Waals surface area (Å²) in [5.41, 5.74) is 0.961. The molecule has 1 N–H and O–H groups in total. The summed E-state index contributed by atoms with van der Waals surface area (Å²) < 4.78 is 13.3. The maximum Gasteiger partial charge on any atom is 0.142 e. The van der Waals surface area contributed by atoms with Crippen molar-refractivity contribution in [2.45, 2.75) is 45.7 Å². The van der Waals surface area contributed by atoms with Crippen LogP contribution in [0.15, 0.2) is 18.2 Å². The third-order valence-corrected chi connectivity index (χ3v) is 4.48.